The van der Waals surface area contributed by atoms with E-state index in [2.05, 4.69) is 61.6 Å². The Labute approximate surface area is 370 Å². The highest BCUT2D eigenvalue weighted by molar-refractivity contribution is 7.47. The molecule has 0 amide bonds. The number of allylic oxidation sites excluding steroid dienone is 12. The number of aliphatic hydroxyl groups excluding tert-OH is 6. The molecule has 0 heterocycles. The van der Waals surface area contributed by atoms with Crippen molar-refractivity contribution in [1.29, 1.82) is 0 Å². The van der Waals surface area contributed by atoms with Gasteiger partial charge in [-0.2, -0.15) is 0 Å². The Hall–Kier alpha value is -3.01. The van der Waals surface area contributed by atoms with E-state index in [0.717, 1.165) is 89.9 Å². The van der Waals surface area contributed by atoms with Gasteiger partial charge in [-0.15, -0.1) is 0 Å². The van der Waals surface area contributed by atoms with E-state index in [1.54, 1.807) is 6.08 Å². The van der Waals surface area contributed by atoms with E-state index in [1.807, 2.05) is 31.2 Å². The molecule has 1 aliphatic rings. The quantitative estimate of drug-likeness (QED) is 0.0108. The van der Waals surface area contributed by atoms with Crippen LogP contribution >= 0.6 is 7.82 Å². The van der Waals surface area contributed by atoms with Crippen molar-refractivity contribution in [2.24, 2.45) is 0 Å². The minimum atomic E-state index is -5.15. The molecule has 7 N–H and O–H groups in total. The summed E-state index contributed by atoms with van der Waals surface area (Å²) in [5.74, 6) is -1.19. The van der Waals surface area contributed by atoms with Crippen LogP contribution in [0.15, 0.2) is 85.1 Å². The lowest BCUT2D eigenvalue weighted by Gasteiger charge is -2.41. The van der Waals surface area contributed by atoms with Crippen molar-refractivity contribution < 1.29 is 68.2 Å². The van der Waals surface area contributed by atoms with E-state index in [4.69, 9.17) is 18.5 Å². The molecule has 1 rings (SSSR count). The predicted molar refractivity (Wildman–Crippen MR) is 241 cm³/mol. The number of hydrogen-bond acceptors (Lipinski definition) is 13. The highest BCUT2D eigenvalue weighted by Crippen LogP contribution is 2.47. The summed E-state index contributed by atoms with van der Waals surface area (Å²) in [6.07, 6.45) is 29.6. The van der Waals surface area contributed by atoms with Crippen molar-refractivity contribution in [2.45, 2.75) is 185 Å². The molecular formula is C47H77O14P. The van der Waals surface area contributed by atoms with Gasteiger partial charge in [-0.25, -0.2) is 4.57 Å². The molecule has 0 bridgehead atoms. The van der Waals surface area contributed by atoms with Crippen molar-refractivity contribution in [1.82, 2.24) is 0 Å². The Bertz CT molecular complexity index is 1420. The summed E-state index contributed by atoms with van der Waals surface area (Å²) in [5, 5.41) is 60.0. The molecule has 62 heavy (non-hydrogen) atoms. The molecule has 1 aliphatic carbocycles. The van der Waals surface area contributed by atoms with Crippen LogP contribution in [0.2, 0.25) is 0 Å². The molecule has 14 nitrogen and oxygen atoms in total. The smallest absolute Gasteiger partial charge is 0.462 e. The molecule has 0 aromatic rings. The van der Waals surface area contributed by atoms with Crippen LogP contribution in [0.5, 0.6) is 0 Å². The largest absolute Gasteiger partial charge is 0.472 e. The zero-order chi connectivity index (χ0) is 45.9. The molecule has 354 valence electrons. The molecule has 0 saturated heterocycles. The summed E-state index contributed by atoms with van der Waals surface area (Å²) in [4.78, 5) is 35.7. The van der Waals surface area contributed by atoms with Crippen LogP contribution in [0.25, 0.3) is 0 Å². The third kappa shape index (κ3) is 28.6. The molecule has 0 aromatic heterocycles. The Morgan fingerprint density at radius 2 is 1.06 bits per heavy atom. The van der Waals surface area contributed by atoms with Gasteiger partial charge in [0.25, 0.3) is 0 Å². The van der Waals surface area contributed by atoms with Gasteiger partial charge in [0.2, 0.25) is 0 Å². The van der Waals surface area contributed by atoms with E-state index in [9.17, 15) is 49.7 Å². The minimum absolute atomic E-state index is 0.0484. The average molecular weight is 897 g/mol. The van der Waals surface area contributed by atoms with Crippen LogP contribution < -0.4 is 0 Å². The lowest BCUT2D eigenvalue weighted by molar-refractivity contribution is -0.220. The summed E-state index contributed by atoms with van der Waals surface area (Å²) in [6, 6.07) is 0. The molecule has 0 aromatic carbocycles. The number of esters is 2. The van der Waals surface area contributed by atoms with Gasteiger partial charge in [0, 0.05) is 12.8 Å². The van der Waals surface area contributed by atoms with Crippen LogP contribution in [0.4, 0.5) is 0 Å². The van der Waals surface area contributed by atoms with Gasteiger partial charge < -0.3 is 45.0 Å². The van der Waals surface area contributed by atoms with E-state index in [1.165, 1.54) is 0 Å². The van der Waals surface area contributed by atoms with E-state index < -0.39 is 81.8 Å². The lowest BCUT2D eigenvalue weighted by Crippen LogP contribution is -2.64. The van der Waals surface area contributed by atoms with E-state index in [-0.39, 0.29) is 12.8 Å². The zero-order valence-corrected chi connectivity index (χ0v) is 37.9. The number of carbonyl (C=O) groups excluding carboxylic acids is 2. The van der Waals surface area contributed by atoms with Crippen LogP contribution in [0, 0.1) is 0 Å². The number of aliphatic hydroxyl groups is 6. The first-order valence-corrected chi connectivity index (χ1v) is 24.0. The predicted octanol–water partition coefficient (Wildman–Crippen LogP) is 7.47. The number of ether oxygens (including phenoxy) is 2. The van der Waals surface area contributed by atoms with Crippen LogP contribution in [0.1, 0.15) is 136 Å². The lowest BCUT2D eigenvalue weighted by atomic mass is 9.85. The van der Waals surface area contributed by atoms with Crippen LogP contribution in [-0.4, -0.2) is 110 Å². The molecule has 1 saturated carbocycles. The molecule has 0 radical (unpaired) electrons. The number of hydrogen-bond donors (Lipinski definition) is 7. The van der Waals surface area contributed by atoms with Crippen molar-refractivity contribution in [3.8, 4) is 0 Å². The highest BCUT2D eigenvalue weighted by atomic mass is 31.2. The fourth-order valence-corrected chi connectivity index (χ4v) is 7.17. The van der Waals surface area contributed by atoms with Crippen LogP contribution in [0.3, 0.4) is 0 Å². The van der Waals surface area contributed by atoms with E-state index in [0.29, 0.717) is 19.3 Å². The summed E-state index contributed by atoms with van der Waals surface area (Å²) in [6.45, 7) is 2.91. The summed E-state index contributed by atoms with van der Waals surface area (Å²) < 4.78 is 33.4. The Balaban J connectivity index is 2.53. The van der Waals surface area contributed by atoms with Gasteiger partial charge in [0.05, 0.1) is 12.7 Å². The monoisotopic (exact) mass is 897 g/mol. The topological polar surface area (TPSA) is 230 Å². The summed E-state index contributed by atoms with van der Waals surface area (Å²) in [7, 11) is -5.15. The molecule has 4 unspecified atom stereocenters. The van der Waals surface area contributed by atoms with Gasteiger partial charge in [0.15, 0.2) is 6.10 Å². The van der Waals surface area contributed by atoms with Gasteiger partial charge in [-0.1, -0.05) is 131 Å². The van der Waals surface area contributed by atoms with E-state index >= 15 is 0 Å². The minimum Gasteiger partial charge on any atom is -0.462 e. The maximum atomic E-state index is 12.8. The second-order valence-corrected chi connectivity index (χ2v) is 16.7. The number of carbonyl (C=O) groups is 2. The Morgan fingerprint density at radius 1 is 0.581 bits per heavy atom. The SMILES string of the molecule is CC/C=C\C/C=C\C/C=C\C/C=C\CCCCCCC(=O)O[C@H](COC(=O)CCCCCCC/C=C/C=C/C(O)C/C=C/CC)COP(=O)(O)OC1[C@H](O)[C@H](O)C(O)[C@H](O)[C@H]1O. The molecule has 0 spiro atoms. The standard InChI is InChI=1S/C47H77O14P/c1-3-5-7-8-9-10-11-12-13-14-15-16-17-20-24-27-31-35-41(50)60-39(37-59-62(56,57)61-47-45(54)43(52)42(51)44(53)46(47)55)36-58-40(49)34-30-26-23-21-18-19-22-25-29-33-38(48)32-28-6-4-2/h5-7,9-10,12-13,15-16,22,25,28-29,33,38-39,42-48,51-55H,3-4,8,11,14,17-21,23-24,26-27,30-32,34-37H2,1-2H3,(H,56,57)/b7-5-,10-9-,13-12-,16-15-,25-22+,28-6+,33-29+/t38?,39-,42?,43-,44+,45-,46-,47?/m1/s1. The molecule has 15 heteroatoms. The zero-order valence-electron chi connectivity index (χ0n) is 37.0. The van der Waals surface area contributed by atoms with Gasteiger partial charge in [-0.05, 0) is 77.0 Å². The van der Waals surface area contributed by atoms with Gasteiger partial charge in [0.1, 0.15) is 43.2 Å². The second-order valence-electron chi connectivity index (χ2n) is 15.3. The Kier molecular flexibility index (Phi) is 33.4. The summed E-state index contributed by atoms with van der Waals surface area (Å²) in [5.41, 5.74) is 0. The maximum Gasteiger partial charge on any atom is 0.472 e. The highest BCUT2D eigenvalue weighted by Gasteiger charge is 2.51. The fraction of sp³-hybridized carbons (Fsp3) is 0.660. The molecule has 0 aliphatic heterocycles. The first-order valence-electron chi connectivity index (χ1n) is 22.5. The van der Waals surface area contributed by atoms with Crippen LogP contribution in [-0.2, 0) is 32.7 Å². The molecule has 9 atom stereocenters. The van der Waals surface area contributed by atoms with Crippen molar-refractivity contribution in [3.05, 3.63) is 85.1 Å². The first-order chi connectivity index (χ1) is 29.8. The number of phosphoric ester groups is 1. The van der Waals surface area contributed by atoms with Crippen molar-refractivity contribution in [2.75, 3.05) is 13.2 Å². The molecular weight excluding hydrogens is 819 g/mol. The number of unbranched alkanes of at least 4 members (excludes halogenated alkanes) is 9. The number of rotatable bonds is 35. The maximum absolute atomic E-state index is 12.8. The van der Waals surface area contributed by atoms with Gasteiger partial charge >= 0.3 is 19.8 Å². The Morgan fingerprint density at radius 3 is 1.66 bits per heavy atom. The third-order valence-electron chi connectivity index (χ3n) is 9.81. The first kappa shape index (κ1) is 57.0. The van der Waals surface area contributed by atoms with Crippen molar-refractivity contribution >= 4 is 19.8 Å². The second kappa shape index (κ2) is 36.3. The number of phosphoric acid groups is 1. The summed E-state index contributed by atoms with van der Waals surface area (Å²) >= 11 is 0. The fourth-order valence-electron chi connectivity index (χ4n) is 6.19. The third-order valence-corrected chi connectivity index (χ3v) is 10.8. The van der Waals surface area contributed by atoms with Crippen molar-refractivity contribution in [3.63, 3.8) is 0 Å². The van der Waals surface area contributed by atoms with Gasteiger partial charge in [-0.3, -0.25) is 18.6 Å². The normalized spacial score (nSPS) is 23.2. The molecule has 1 fully saturated rings. The average Bonchev–Trinajstić information content (AvgIpc) is 3.25.